The Balaban J connectivity index is 1.99. The molecule has 1 atom stereocenters. The first-order chi connectivity index (χ1) is 11.3. The van der Waals surface area contributed by atoms with Crippen LogP contribution < -0.4 is 0 Å². The molecule has 0 spiro atoms. The van der Waals surface area contributed by atoms with E-state index in [1.165, 1.54) is 9.80 Å². The molecule has 0 aliphatic carbocycles. The number of urea groups is 1. The zero-order chi connectivity index (χ0) is 17.6. The van der Waals surface area contributed by atoms with Gasteiger partial charge >= 0.3 is 12.0 Å². The van der Waals surface area contributed by atoms with Crippen molar-refractivity contribution >= 4 is 29.4 Å². The summed E-state index contributed by atoms with van der Waals surface area (Å²) in [5.41, 5.74) is 0.936. The van der Waals surface area contributed by atoms with E-state index in [0.29, 0.717) is 24.9 Å². The Hall–Kier alpha value is -2.25. The van der Waals surface area contributed by atoms with Gasteiger partial charge in [0.1, 0.15) is 6.54 Å². The Morgan fingerprint density at radius 1 is 1.33 bits per heavy atom. The van der Waals surface area contributed by atoms with Crippen LogP contribution in [0.15, 0.2) is 10.1 Å². The van der Waals surface area contributed by atoms with Gasteiger partial charge in [-0.25, -0.2) is 9.37 Å². The summed E-state index contributed by atoms with van der Waals surface area (Å²) >= 11 is 0. The van der Waals surface area contributed by atoms with Gasteiger partial charge in [0.05, 0.1) is 12.3 Å². The zero-order valence-corrected chi connectivity index (χ0v) is 15.0. The van der Waals surface area contributed by atoms with E-state index >= 15 is 0 Å². The van der Waals surface area contributed by atoms with Gasteiger partial charge in [-0.05, 0) is 19.3 Å². The van der Waals surface area contributed by atoms with Crippen molar-refractivity contribution in [2.45, 2.75) is 40.2 Å². The maximum Gasteiger partial charge on any atom is 0.416 e. The number of amidine groups is 1. The standard InChI is InChI=1S/C16H25N6O2/c1-6-7-22-15-17-13-12(20(15)9-11(4)18-22)14(23)21(8-10(2)3)16(24)19(13)5/h10,12H,6-9H2,1-5H3/q+1. The van der Waals surface area contributed by atoms with Gasteiger partial charge in [0.25, 0.3) is 5.91 Å². The van der Waals surface area contributed by atoms with Gasteiger partial charge in [0, 0.05) is 13.6 Å². The minimum absolute atomic E-state index is 0.188. The van der Waals surface area contributed by atoms with Crippen LogP contribution in [0.5, 0.6) is 0 Å². The van der Waals surface area contributed by atoms with Gasteiger partial charge in [-0.15, -0.1) is 10.1 Å². The number of likely N-dealkylation sites (N-methyl/N-ethyl adjacent to an activating group) is 1. The number of rotatable bonds is 4. The summed E-state index contributed by atoms with van der Waals surface area (Å²) in [6, 6.07) is -0.838. The number of guanidine groups is 1. The summed E-state index contributed by atoms with van der Waals surface area (Å²) in [5.74, 6) is 1.20. The van der Waals surface area contributed by atoms with E-state index < -0.39 is 6.04 Å². The van der Waals surface area contributed by atoms with Crippen LogP contribution in [0.4, 0.5) is 4.79 Å². The Morgan fingerprint density at radius 3 is 2.67 bits per heavy atom. The lowest BCUT2D eigenvalue weighted by Crippen LogP contribution is -2.63. The number of carbonyl (C=O) groups is 2. The molecule has 0 saturated carbocycles. The van der Waals surface area contributed by atoms with Crippen molar-refractivity contribution < 1.29 is 14.2 Å². The zero-order valence-electron chi connectivity index (χ0n) is 15.0. The van der Waals surface area contributed by atoms with Crippen molar-refractivity contribution in [3.05, 3.63) is 0 Å². The molecule has 0 aromatic heterocycles. The van der Waals surface area contributed by atoms with Gasteiger partial charge in [0.2, 0.25) is 11.9 Å². The first-order valence-corrected chi connectivity index (χ1v) is 8.48. The molecule has 3 rings (SSSR count). The van der Waals surface area contributed by atoms with Crippen LogP contribution in [0.1, 0.15) is 34.1 Å². The largest absolute Gasteiger partial charge is 0.416 e. The third-order valence-electron chi connectivity index (χ3n) is 4.29. The molecule has 0 bridgehead atoms. The Morgan fingerprint density at radius 2 is 2.04 bits per heavy atom. The van der Waals surface area contributed by atoms with Crippen LogP contribution >= 0.6 is 0 Å². The van der Waals surface area contributed by atoms with Crippen molar-refractivity contribution in [1.29, 1.82) is 0 Å². The molecule has 3 aliphatic heterocycles. The van der Waals surface area contributed by atoms with Gasteiger partial charge < -0.3 is 0 Å². The number of imide groups is 1. The van der Waals surface area contributed by atoms with E-state index in [0.717, 1.165) is 18.7 Å². The average molecular weight is 333 g/mol. The molecule has 130 valence electrons. The highest BCUT2D eigenvalue weighted by Crippen LogP contribution is 2.23. The van der Waals surface area contributed by atoms with Gasteiger partial charge in [-0.2, -0.15) is 0 Å². The van der Waals surface area contributed by atoms with Crippen molar-refractivity contribution in [3.63, 3.8) is 0 Å². The molecule has 3 amide bonds. The normalized spacial score (nSPS) is 23.8. The number of nitrogens with zero attached hydrogens (tertiary/aromatic N) is 6. The third kappa shape index (κ3) is 2.50. The molecule has 8 heteroatoms. The van der Waals surface area contributed by atoms with E-state index in [9.17, 15) is 9.59 Å². The van der Waals surface area contributed by atoms with Crippen LogP contribution in [0.2, 0.25) is 0 Å². The molecule has 0 radical (unpaired) electrons. The fourth-order valence-corrected chi connectivity index (χ4v) is 3.30. The minimum atomic E-state index is -0.536. The Bertz CT molecular complexity index is 678. The molecule has 3 heterocycles. The summed E-state index contributed by atoms with van der Waals surface area (Å²) in [7, 11) is 1.69. The van der Waals surface area contributed by atoms with Crippen molar-refractivity contribution in [3.8, 4) is 0 Å². The number of hydrogen-bond donors (Lipinski definition) is 0. The van der Waals surface area contributed by atoms with E-state index in [4.69, 9.17) is 0 Å². The van der Waals surface area contributed by atoms with E-state index in [1.54, 1.807) is 7.05 Å². The number of hydrogen-bond acceptors (Lipinski definition) is 5. The number of fused-ring (bicyclic) bond motifs is 2. The summed E-state index contributed by atoms with van der Waals surface area (Å²) in [5, 5.41) is 6.38. The maximum atomic E-state index is 13.0. The predicted molar refractivity (Wildman–Crippen MR) is 91.2 cm³/mol. The lowest BCUT2D eigenvalue weighted by molar-refractivity contribution is -0.527. The van der Waals surface area contributed by atoms with Gasteiger partial charge in [-0.3, -0.25) is 14.6 Å². The average Bonchev–Trinajstić information content (AvgIpc) is 2.89. The molecule has 8 nitrogen and oxygen atoms in total. The van der Waals surface area contributed by atoms with Crippen LogP contribution in [0.3, 0.4) is 0 Å². The van der Waals surface area contributed by atoms with E-state index in [-0.39, 0.29) is 17.9 Å². The first-order valence-electron chi connectivity index (χ1n) is 8.48. The second kappa shape index (κ2) is 5.99. The molecule has 1 unspecified atom stereocenters. The third-order valence-corrected chi connectivity index (χ3v) is 4.29. The lowest BCUT2D eigenvalue weighted by Gasteiger charge is -2.35. The highest BCUT2D eigenvalue weighted by molar-refractivity contribution is 6.23. The topological polar surface area (TPSA) is 71.6 Å². The monoisotopic (exact) mass is 333 g/mol. The summed E-state index contributed by atoms with van der Waals surface area (Å²) in [6.07, 6.45) is 0.922. The molecular formula is C16H25N6O2+. The van der Waals surface area contributed by atoms with Crippen LogP contribution in [-0.2, 0) is 4.79 Å². The van der Waals surface area contributed by atoms with Crippen molar-refractivity contribution in [2.24, 2.45) is 16.0 Å². The van der Waals surface area contributed by atoms with Crippen molar-refractivity contribution in [2.75, 3.05) is 26.7 Å². The molecule has 0 aromatic rings. The SMILES string of the molecule is CCCN1N=C(C)C[N+]2=C1N=C1C2C(=O)N(CC(C)C)C(=O)N1C. The maximum absolute atomic E-state index is 13.0. The molecule has 24 heavy (non-hydrogen) atoms. The van der Waals surface area contributed by atoms with Crippen molar-refractivity contribution in [1.82, 2.24) is 14.8 Å². The molecule has 1 saturated heterocycles. The van der Waals surface area contributed by atoms with E-state index in [2.05, 4.69) is 17.0 Å². The number of hydrazone groups is 1. The first kappa shape index (κ1) is 16.6. The quantitative estimate of drug-likeness (QED) is 0.714. The lowest BCUT2D eigenvalue weighted by atomic mass is 10.1. The molecule has 0 aromatic carbocycles. The van der Waals surface area contributed by atoms with Gasteiger partial charge in [-0.1, -0.05) is 25.8 Å². The molecule has 3 aliphatic rings. The molecular weight excluding hydrogens is 308 g/mol. The second-order valence-electron chi connectivity index (χ2n) is 6.94. The highest BCUT2D eigenvalue weighted by Gasteiger charge is 2.54. The fourth-order valence-electron chi connectivity index (χ4n) is 3.30. The van der Waals surface area contributed by atoms with Gasteiger partial charge in [0.15, 0.2) is 0 Å². The van der Waals surface area contributed by atoms with Crippen LogP contribution in [-0.4, -0.2) is 81.6 Å². The summed E-state index contributed by atoms with van der Waals surface area (Å²) < 4.78 is 1.96. The molecule has 1 fully saturated rings. The summed E-state index contributed by atoms with van der Waals surface area (Å²) in [4.78, 5) is 33.0. The smallest absolute Gasteiger partial charge is 0.270 e. The molecule has 0 N–H and O–H groups in total. The number of aliphatic imine (C=N–C) groups is 1. The predicted octanol–water partition coefficient (Wildman–Crippen LogP) is 0.787. The van der Waals surface area contributed by atoms with E-state index in [1.807, 2.05) is 30.4 Å². The Kier molecular flexibility index (Phi) is 4.15. The second-order valence-corrected chi connectivity index (χ2v) is 6.94. The number of amides is 3. The fraction of sp³-hybridized carbons (Fsp3) is 0.688. The van der Waals surface area contributed by atoms with Crippen LogP contribution in [0.25, 0.3) is 0 Å². The summed E-state index contributed by atoms with van der Waals surface area (Å²) in [6.45, 7) is 9.72. The minimum Gasteiger partial charge on any atom is -0.270 e. The number of carbonyl (C=O) groups excluding carboxylic acids is 2. The Labute approximate surface area is 142 Å². The highest BCUT2D eigenvalue weighted by atomic mass is 16.2. The van der Waals surface area contributed by atoms with Crippen LogP contribution in [0, 0.1) is 5.92 Å².